The Bertz CT molecular complexity index is 569. The molecule has 0 bridgehead atoms. The third-order valence-corrected chi connectivity index (χ3v) is 3.24. The van der Waals surface area contributed by atoms with E-state index in [1.165, 1.54) is 36.7 Å². The SMILES string of the molecule is Nc1cncnc1Oc1ccc2c(c1)CCCC2. The van der Waals surface area contributed by atoms with Crippen LogP contribution in [0.15, 0.2) is 30.7 Å². The maximum atomic E-state index is 5.76. The molecule has 92 valence electrons. The molecule has 0 atom stereocenters. The monoisotopic (exact) mass is 241 g/mol. The Balaban J connectivity index is 1.87. The summed E-state index contributed by atoms with van der Waals surface area (Å²) in [5.74, 6) is 1.21. The highest BCUT2D eigenvalue weighted by molar-refractivity contribution is 5.48. The van der Waals surface area contributed by atoms with Gasteiger partial charge in [-0.2, -0.15) is 4.98 Å². The number of aryl methyl sites for hydroxylation is 2. The first-order valence-corrected chi connectivity index (χ1v) is 6.18. The molecule has 18 heavy (non-hydrogen) atoms. The average Bonchev–Trinajstić information content (AvgIpc) is 2.41. The van der Waals surface area contributed by atoms with Crippen molar-refractivity contribution in [3.8, 4) is 11.6 Å². The van der Waals surface area contributed by atoms with E-state index in [9.17, 15) is 0 Å². The van der Waals surface area contributed by atoms with Crippen molar-refractivity contribution < 1.29 is 4.74 Å². The van der Waals surface area contributed by atoms with Crippen LogP contribution in [0.25, 0.3) is 0 Å². The standard InChI is InChI=1S/C14H15N3O/c15-13-8-16-9-17-14(13)18-12-6-5-10-3-1-2-4-11(10)7-12/h5-9H,1-4,15H2. The van der Waals surface area contributed by atoms with E-state index < -0.39 is 0 Å². The molecule has 4 heteroatoms. The molecule has 0 fully saturated rings. The first-order chi connectivity index (χ1) is 8.83. The second-order valence-electron chi connectivity index (χ2n) is 4.52. The summed E-state index contributed by atoms with van der Waals surface area (Å²) in [5, 5.41) is 0. The second-order valence-corrected chi connectivity index (χ2v) is 4.52. The highest BCUT2D eigenvalue weighted by Gasteiger charge is 2.11. The molecule has 1 aliphatic rings. The van der Waals surface area contributed by atoms with E-state index in [2.05, 4.69) is 22.1 Å². The van der Waals surface area contributed by atoms with Gasteiger partial charge in [-0.15, -0.1) is 0 Å². The lowest BCUT2D eigenvalue weighted by atomic mass is 9.92. The summed E-state index contributed by atoms with van der Waals surface area (Å²) in [6.07, 6.45) is 7.82. The fourth-order valence-electron chi connectivity index (χ4n) is 2.30. The molecule has 0 saturated heterocycles. The van der Waals surface area contributed by atoms with Gasteiger partial charge in [0.25, 0.3) is 0 Å². The molecule has 1 aromatic heterocycles. The zero-order valence-corrected chi connectivity index (χ0v) is 10.1. The Morgan fingerprint density at radius 2 is 1.94 bits per heavy atom. The van der Waals surface area contributed by atoms with Crippen LogP contribution in [0.3, 0.4) is 0 Å². The van der Waals surface area contributed by atoms with Crippen LogP contribution in [0.5, 0.6) is 11.6 Å². The van der Waals surface area contributed by atoms with Gasteiger partial charge in [-0.05, 0) is 48.9 Å². The molecule has 0 aliphatic heterocycles. The second kappa shape index (κ2) is 4.64. The molecule has 1 heterocycles. The van der Waals surface area contributed by atoms with Gasteiger partial charge in [0.05, 0.1) is 6.20 Å². The van der Waals surface area contributed by atoms with Gasteiger partial charge in [0, 0.05) is 0 Å². The van der Waals surface area contributed by atoms with Crippen LogP contribution >= 0.6 is 0 Å². The van der Waals surface area contributed by atoms with E-state index in [0.29, 0.717) is 11.6 Å². The number of benzene rings is 1. The Morgan fingerprint density at radius 1 is 1.11 bits per heavy atom. The van der Waals surface area contributed by atoms with Gasteiger partial charge in [-0.1, -0.05) is 6.07 Å². The third kappa shape index (κ3) is 2.14. The summed E-state index contributed by atoms with van der Waals surface area (Å²) < 4.78 is 5.70. The van der Waals surface area contributed by atoms with Crippen molar-refractivity contribution in [3.05, 3.63) is 41.9 Å². The predicted octanol–water partition coefficient (Wildman–Crippen LogP) is 2.73. The van der Waals surface area contributed by atoms with E-state index in [1.54, 1.807) is 6.20 Å². The normalized spacial score (nSPS) is 14.0. The van der Waals surface area contributed by atoms with Crippen LogP contribution in [-0.4, -0.2) is 9.97 Å². The van der Waals surface area contributed by atoms with Crippen molar-refractivity contribution in [3.63, 3.8) is 0 Å². The summed E-state index contributed by atoms with van der Waals surface area (Å²) in [5.41, 5.74) is 9.03. The van der Waals surface area contributed by atoms with E-state index in [1.807, 2.05) is 6.07 Å². The molecule has 2 N–H and O–H groups in total. The fourth-order valence-corrected chi connectivity index (χ4v) is 2.30. The number of anilines is 1. The predicted molar refractivity (Wildman–Crippen MR) is 69.6 cm³/mol. The summed E-state index contributed by atoms with van der Waals surface area (Å²) in [6.45, 7) is 0. The number of hydrogen-bond acceptors (Lipinski definition) is 4. The Kier molecular flexibility index (Phi) is 2.84. The minimum absolute atomic E-state index is 0.417. The number of aromatic nitrogens is 2. The molecule has 0 amide bonds. The van der Waals surface area contributed by atoms with Gasteiger partial charge >= 0.3 is 0 Å². The zero-order chi connectivity index (χ0) is 12.4. The van der Waals surface area contributed by atoms with Crippen LogP contribution in [-0.2, 0) is 12.8 Å². The fraction of sp³-hybridized carbons (Fsp3) is 0.286. The highest BCUT2D eigenvalue weighted by atomic mass is 16.5. The minimum Gasteiger partial charge on any atom is -0.437 e. The molecular weight excluding hydrogens is 226 g/mol. The Hall–Kier alpha value is -2.10. The molecule has 1 aliphatic carbocycles. The molecule has 0 unspecified atom stereocenters. The Morgan fingerprint density at radius 3 is 2.78 bits per heavy atom. The Labute approximate surface area is 106 Å². The molecule has 0 saturated carbocycles. The van der Waals surface area contributed by atoms with Gasteiger partial charge < -0.3 is 10.5 Å². The van der Waals surface area contributed by atoms with Crippen molar-refractivity contribution >= 4 is 5.69 Å². The van der Waals surface area contributed by atoms with Crippen molar-refractivity contribution in [2.45, 2.75) is 25.7 Å². The summed E-state index contributed by atoms with van der Waals surface area (Å²) >= 11 is 0. The van der Waals surface area contributed by atoms with E-state index >= 15 is 0 Å². The topological polar surface area (TPSA) is 61.0 Å². The molecular formula is C14H15N3O. The number of nitrogen functional groups attached to an aromatic ring is 1. The van der Waals surface area contributed by atoms with Crippen molar-refractivity contribution in [1.82, 2.24) is 9.97 Å². The molecule has 0 radical (unpaired) electrons. The summed E-state index contributed by atoms with van der Waals surface area (Å²) in [6, 6.07) is 6.21. The molecule has 3 rings (SSSR count). The van der Waals surface area contributed by atoms with Gasteiger partial charge in [-0.3, -0.25) is 0 Å². The molecule has 4 nitrogen and oxygen atoms in total. The average molecular weight is 241 g/mol. The zero-order valence-electron chi connectivity index (χ0n) is 10.1. The molecule has 1 aromatic carbocycles. The smallest absolute Gasteiger partial charge is 0.245 e. The maximum absolute atomic E-state index is 5.76. The van der Waals surface area contributed by atoms with Gasteiger partial charge in [-0.25, -0.2) is 4.98 Å². The van der Waals surface area contributed by atoms with Gasteiger partial charge in [0.15, 0.2) is 0 Å². The van der Waals surface area contributed by atoms with Crippen LogP contribution in [0.2, 0.25) is 0 Å². The van der Waals surface area contributed by atoms with Crippen LogP contribution < -0.4 is 10.5 Å². The molecule has 0 spiro atoms. The summed E-state index contributed by atoms with van der Waals surface area (Å²) in [7, 11) is 0. The van der Waals surface area contributed by atoms with Crippen molar-refractivity contribution in [2.24, 2.45) is 0 Å². The largest absolute Gasteiger partial charge is 0.437 e. The third-order valence-electron chi connectivity index (χ3n) is 3.24. The van der Waals surface area contributed by atoms with Crippen LogP contribution in [0, 0.1) is 0 Å². The van der Waals surface area contributed by atoms with E-state index in [4.69, 9.17) is 10.5 Å². The quantitative estimate of drug-likeness (QED) is 0.878. The molecule has 2 aromatic rings. The highest BCUT2D eigenvalue weighted by Crippen LogP contribution is 2.29. The summed E-state index contributed by atoms with van der Waals surface area (Å²) in [4.78, 5) is 7.87. The first-order valence-electron chi connectivity index (χ1n) is 6.18. The minimum atomic E-state index is 0.417. The van der Waals surface area contributed by atoms with Crippen LogP contribution in [0.4, 0.5) is 5.69 Å². The lowest BCUT2D eigenvalue weighted by Gasteiger charge is -2.16. The van der Waals surface area contributed by atoms with E-state index in [0.717, 1.165) is 12.2 Å². The lowest BCUT2D eigenvalue weighted by molar-refractivity contribution is 0.462. The lowest BCUT2D eigenvalue weighted by Crippen LogP contribution is -2.03. The number of hydrogen-bond donors (Lipinski definition) is 1. The number of ether oxygens (including phenoxy) is 1. The van der Waals surface area contributed by atoms with Crippen molar-refractivity contribution in [2.75, 3.05) is 5.73 Å². The van der Waals surface area contributed by atoms with Gasteiger partial charge in [0.2, 0.25) is 5.88 Å². The number of nitrogens with two attached hydrogens (primary N) is 1. The maximum Gasteiger partial charge on any atom is 0.245 e. The number of fused-ring (bicyclic) bond motifs is 1. The van der Waals surface area contributed by atoms with E-state index in [-0.39, 0.29) is 0 Å². The number of rotatable bonds is 2. The first kappa shape index (κ1) is 11.0. The van der Waals surface area contributed by atoms with Crippen LogP contribution in [0.1, 0.15) is 24.0 Å². The van der Waals surface area contributed by atoms with Gasteiger partial charge in [0.1, 0.15) is 17.8 Å². The number of nitrogens with zero attached hydrogens (tertiary/aromatic N) is 2. The van der Waals surface area contributed by atoms with Crippen molar-refractivity contribution in [1.29, 1.82) is 0 Å².